The molecule has 3 aromatic rings. The smallest absolute Gasteiger partial charge is 0.272 e. The molecule has 4 rings (SSSR count). The monoisotopic (exact) mass is 398 g/mol. The van der Waals surface area contributed by atoms with Crippen molar-refractivity contribution in [2.24, 2.45) is 0 Å². The maximum atomic E-state index is 12.9. The molecule has 146 valence electrons. The van der Waals surface area contributed by atoms with Gasteiger partial charge in [-0.05, 0) is 37.2 Å². The number of halogens is 1. The fraction of sp³-hybridized carbons (Fsp3) is 0.333. The van der Waals surface area contributed by atoms with Gasteiger partial charge in [-0.3, -0.25) is 14.1 Å². The molecule has 0 saturated carbocycles. The molecular weight excluding hydrogens is 376 g/mol. The van der Waals surface area contributed by atoms with E-state index in [9.17, 15) is 4.79 Å². The van der Waals surface area contributed by atoms with Gasteiger partial charge in [0.25, 0.3) is 5.91 Å². The quantitative estimate of drug-likeness (QED) is 0.648. The molecule has 3 heterocycles. The third kappa shape index (κ3) is 4.19. The lowest BCUT2D eigenvalue weighted by molar-refractivity contribution is 0.0374. The van der Waals surface area contributed by atoms with Crippen molar-refractivity contribution in [3.63, 3.8) is 0 Å². The summed E-state index contributed by atoms with van der Waals surface area (Å²) in [5.41, 5.74) is 2.85. The van der Waals surface area contributed by atoms with Gasteiger partial charge in [0.05, 0.1) is 18.9 Å². The minimum absolute atomic E-state index is 0.157. The standard InChI is InChI=1S/C21H23ClN4O2/c22-17-7-5-16(6-8-17)20-19(24-18-4-1-2-11-26(18)20)21(27)23-9-3-10-25-12-14-28-15-13-25/h1-2,4-8,11H,3,9-10,12-15H2,(H,23,27). The zero-order valence-electron chi connectivity index (χ0n) is 15.6. The van der Waals surface area contributed by atoms with Crippen molar-refractivity contribution in [1.29, 1.82) is 0 Å². The number of benzene rings is 1. The van der Waals surface area contributed by atoms with Crippen LogP contribution in [0.2, 0.25) is 5.02 Å². The van der Waals surface area contributed by atoms with Crippen LogP contribution in [-0.2, 0) is 4.74 Å². The Morgan fingerprint density at radius 1 is 1.14 bits per heavy atom. The van der Waals surface area contributed by atoms with Crippen molar-refractivity contribution < 1.29 is 9.53 Å². The van der Waals surface area contributed by atoms with E-state index in [0.29, 0.717) is 17.3 Å². The van der Waals surface area contributed by atoms with E-state index in [0.717, 1.165) is 56.2 Å². The first-order valence-electron chi connectivity index (χ1n) is 9.54. The minimum Gasteiger partial charge on any atom is -0.379 e. The second-order valence-electron chi connectivity index (χ2n) is 6.81. The largest absolute Gasteiger partial charge is 0.379 e. The lowest BCUT2D eigenvalue weighted by atomic mass is 10.1. The predicted octanol–water partition coefficient (Wildman–Crippen LogP) is 3.11. The molecule has 1 aliphatic heterocycles. The van der Waals surface area contributed by atoms with Crippen molar-refractivity contribution in [2.75, 3.05) is 39.4 Å². The van der Waals surface area contributed by atoms with Gasteiger partial charge in [-0.25, -0.2) is 4.98 Å². The SMILES string of the molecule is O=C(NCCCN1CCOCC1)c1nc2ccccn2c1-c1ccc(Cl)cc1. The van der Waals surface area contributed by atoms with E-state index in [-0.39, 0.29) is 5.91 Å². The van der Waals surface area contributed by atoms with Crippen LogP contribution in [0.4, 0.5) is 0 Å². The topological polar surface area (TPSA) is 58.9 Å². The Hall–Kier alpha value is -2.41. The van der Waals surface area contributed by atoms with E-state index in [1.807, 2.05) is 53.1 Å². The Balaban J connectivity index is 1.50. The first-order chi connectivity index (χ1) is 13.7. The number of morpholine rings is 1. The highest BCUT2D eigenvalue weighted by molar-refractivity contribution is 6.30. The molecule has 28 heavy (non-hydrogen) atoms. The van der Waals surface area contributed by atoms with Crippen LogP contribution in [0, 0.1) is 0 Å². The Bertz CT molecular complexity index is 949. The normalized spacial score (nSPS) is 15.0. The lowest BCUT2D eigenvalue weighted by Gasteiger charge is -2.26. The summed E-state index contributed by atoms with van der Waals surface area (Å²) in [6, 6.07) is 13.2. The number of imidazole rings is 1. The van der Waals surface area contributed by atoms with E-state index in [1.54, 1.807) is 0 Å². The molecule has 1 N–H and O–H groups in total. The molecule has 1 amide bonds. The van der Waals surface area contributed by atoms with E-state index >= 15 is 0 Å². The summed E-state index contributed by atoms with van der Waals surface area (Å²) >= 11 is 6.03. The van der Waals surface area contributed by atoms with Crippen LogP contribution >= 0.6 is 11.6 Å². The summed E-state index contributed by atoms with van der Waals surface area (Å²) in [5, 5.41) is 3.68. The number of rotatable bonds is 6. The lowest BCUT2D eigenvalue weighted by Crippen LogP contribution is -2.38. The van der Waals surface area contributed by atoms with Crippen LogP contribution < -0.4 is 5.32 Å². The molecule has 1 fully saturated rings. The number of hydrogen-bond acceptors (Lipinski definition) is 4. The fourth-order valence-electron chi connectivity index (χ4n) is 3.45. The number of carbonyl (C=O) groups is 1. The van der Waals surface area contributed by atoms with E-state index in [4.69, 9.17) is 16.3 Å². The van der Waals surface area contributed by atoms with Gasteiger partial charge in [0.15, 0.2) is 5.69 Å². The maximum absolute atomic E-state index is 12.9. The Labute approximate surface area is 169 Å². The zero-order valence-corrected chi connectivity index (χ0v) is 16.4. The molecule has 7 heteroatoms. The Kier molecular flexibility index (Phi) is 5.90. The number of carbonyl (C=O) groups excluding carboxylic acids is 1. The summed E-state index contributed by atoms with van der Waals surface area (Å²) in [5.74, 6) is -0.157. The summed E-state index contributed by atoms with van der Waals surface area (Å²) in [6.45, 7) is 5.07. The van der Waals surface area contributed by atoms with Gasteiger partial charge < -0.3 is 10.1 Å². The molecule has 1 aliphatic rings. The molecule has 0 bridgehead atoms. The van der Waals surface area contributed by atoms with Crippen LogP contribution in [0.25, 0.3) is 16.9 Å². The molecule has 0 unspecified atom stereocenters. The van der Waals surface area contributed by atoms with Crippen LogP contribution in [0.1, 0.15) is 16.9 Å². The second-order valence-corrected chi connectivity index (χ2v) is 7.24. The van der Waals surface area contributed by atoms with Gasteiger partial charge in [0, 0.05) is 36.4 Å². The average Bonchev–Trinajstić information content (AvgIpc) is 3.12. The first kappa shape index (κ1) is 18.9. The molecule has 1 saturated heterocycles. The first-order valence-corrected chi connectivity index (χ1v) is 9.91. The molecule has 0 radical (unpaired) electrons. The third-order valence-corrected chi connectivity index (χ3v) is 5.16. The van der Waals surface area contributed by atoms with Crippen LogP contribution in [0.3, 0.4) is 0 Å². The Morgan fingerprint density at radius 3 is 2.71 bits per heavy atom. The van der Waals surface area contributed by atoms with Crippen LogP contribution in [0.5, 0.6) is 0 Å². The van der Waals surface area contributed by atoms with Gasteiger partial charge in [0.1, 0.15) is 5.65 Å². The molecule has 2 aromatic heterocycles. The number of nitrogens with zero attached hydrogens (tertiary/aromatic N) is 3. The van der Waals surface area contributed by atoms with Crippen LogP contribution in [-0.4, -0.2) is 59.6 Å². The maximum Gasteiger partial charge on any atom is 0.272 e. The number of amides is 1. The highest BCUT2D eigenvalue weighted by Crippen LogP contribution is 2.26. The van der Waals surface area contributed by atoms with Gasteiger partial charge in [-0.1, -0.05) is 29.8 Å². The zero-order chi connectivity index (χ0) is 19.3. The third-order valence-electron chi connectivity index (χ3n) is 4.90. The second kappa shape index (κ2) is 8.73. The molecule has 0 atom stereocenters. The number of ether oxygens (including phenoxy) is 1. The number of aromatic nitrogens is 2. The number of hydrogen-bond donors (Lipinski definition) is 1. The molecule has 0 spiro atoms. The fourth-order valence-corrected chi connectivity index (χ4v) is 3.58. The summed E-state index contributed by atoms with van der Waals surface area (Å²) in [4.78, 5) is 19.8. The summed E-state index contributed by atoms with van der Waals surface area (Å²) < 4.78 is 7.30. The highest BCUT2D eigenvalue weighted by atomic mass is 35.5. The van der Waals surface area contributed by atoms with E-state index in [1.165, 1.54) is 0 Å². The highest BCUT2D eigenvalue weighted by Gasteiger charge is 2.20. The molecule has 6 nitrogen and oxygen atoms in total. The van der Waals surface area contributed by atoms with E-state index in [2.05, 4.69) is 15.2 Å². The molecule has 0 aliphatic carbocycles. The van der Waals surface area contributed by atoms with Crippen molar-refractivity contribution in [1.82, 2.24) is 19.6 Å². The van der Waals surface area contributed by atoms with Crippen molar-refractivity contribution in [2.45, 2.75) is 6.42 Å². The van der Waals surface area contributed by atoms with Gasteiger partial charge in [-0.2, -0.15) is 0 Å². The van der Waals surface area contributed by atoms with Crippen molar-refractivity contribution in [3.05, 3.63) is 59.4 Å². The number of pyridine rings is 1. The molecular formula is C21H23ClN4O2. The van der Waals surface area contributed by atoms with Crippen molar-refractivity contribution >= 4 is 23.2 Å². The summed E-state index contributed by atoms with van der Waals surface area (Å²) in [6.07, 6.45) is 2.82. The van der Waals surface area contributed by atoms with Gasteiger partial charge in [0.2, 0.25) is 0 Å². The minimum atomic E-state index is -0.157. The van der Waals surface area contributed by atoms with Crippen LogP contribution in [0.15, 0.2) is 48.7 Å². The Morgan fingerprint density at radius 2 is 1.93 bits per heavy atom. The number of fused-ring (bicyclic) bond motifs is 1. The van der Waals surface area contributed by atoms with E-state index < -0.39 is 0 Å². The van der Waals surface area contributed by atoms with Gasteiger partial charge >= 0.3 is 0 Å². The predicted molar refractivity (Wildman–Crippen MR) is 110 cm³/mol. The van der Waals surface area contributed by atoms with Gasteiger partial charge in [-0.15, -0.1) is 0 Å². The summed E-state index contributed by atoms with van der Waals surface area (Å²) in [7, 11) is 0. The van der Waals surface area contributed by atoms with Crippen molar-refractivity contribution in [3.8, 4) is 11.3 Å². The number of nitrogens with one attached hydrogen (secondary N) is 1. The molecule has 1 aromatic carbocycles. The average molecular weight is 399 g/mol.